The minimum Gasteiger partial charge on any atom is -0.481 e. The second-order valence-corrected chi connectivity index (χ2v) is 6.12. The van der Waals surface area contributed by atoms with Crippen LogP contribution in [0.3, 0.4) is 0 Å². The Kier molecular flexibility index (Phi) is 5.97. The van der Waals surface area contributed by atoms with Crippen LogP contribution in [0.2, 0.25) is 0 Å². The predicted molar refractivity (Wildman–Crippen MR) is 77.4 cm³/mol. The predicted octanol–water partition coefficient (Wildman–Crippen LogP) is 1.29. The highest BCUT2D eigenvalue weighted by Gasteiger charge is 2.19. The van der Waals surface area contributed by atoms with Gasteiger partial charge in [0.2, 0.25) is 10.0 Å². The zero-order valence-electron chi connectivity index (χ0n) is 11.7. The topological polar surface area (TPSA) is 86.7 Å². The summed E-state index contributed by atoms with van der Waals surface area (Å²) in [6, 6.07) is 6.68. The minimum atomic E-state index is -3.54. The molecule has 1 aromatic rings. The van der Waals surface area contributed by atoms with Crippen LogP contribution in [0, 0.1) is 0 Å². The molecule has 0 unspecified atom stereocenters. The number of para-hydroxylation sites is 1. The molecule has 0 amide bonds. The fraction of sp³-hybridized carbons (Fsp3) is 0.462. The number of nitrogens with zero attached hydrogens (tertiary/aromatic N) is 1. The molecule has 0 atom stereocenters. The van der Waals surface area contributed by atoms with Crippen molar-refractivity contribution in [2.75, 3.05) is 25.0 Å². The molecule has 20 heavy (non-hydrogen) atoms. The number of aliphatic carboxylic acids is 1. The van der Waals surface area contributed by atoms with Crippen molar-refractivity contribution < 1.29 is 18.3 Å². The third-order valence-corrected chi connectivity index (χ3v) is 4.38. The fourth-order valence-corrected chi connectivity index (χ4v) is 3.15. The number of hydrogen-bond acceptors (Lipinski definition) is 4. The van der Waals surface area contributed by atoms with Crippen molar-refractivity contribution in [3.05, 3.63) is 24.3 Å². The van der Waals surface area contributed by atoms with Crippen LogP contribution in [0.4, 0.5) is 5.69 Å². The van der Waals surface area contributed by atoms with Crippen LogP contribution >= 0.6 is 0 Å². The summed E-state index contributed by atoms with van der Waals surface area (Å²) in [6.07, 6.45) is 0.522. The largest absolute Gasteiger partial charge is 0.481 e. The van der Waals surface area contributed by atoms with Gasteiger partial charge < -0.3 is 10.0 Å². The molecule has 1 rings (SSSR count). The summed E-state index contributed by atoms with van der Waals surface area (Å²) in [5.41, 5.74) is 0.568. The number of carboxylic acid groups (broad SMARTS) is 1. The van der Waals surface area contributed by atoms with E-state index < -0.39 is 16.0 Å². The summed E-state index contributed by atoms with van der Waals surface area (Å²) in [5, 5.41) is 8.63. The number of hydrogen-bond donors (Lipinski definition) is 2. The van der Waals surface area contributed by atoms with Gasteiger partial charge in [-0.25, -0.2) is 13.1 Å². The first-order valence-electron chi connectivity index (χ1n) is 6.40. The summed E-state index contributed by atoms with van der Waals surface area (Å²) in [6.45, 7) is 2.51. The smallest absolute Gasteiger partial charge is 0.303 e. The van der Waals surface area contributed by atoms with Crippen molar-refractivity contribution in [2.24, 2.45) is 0 Å². The molecular formula is C13H20N2O4S. The van der Waals surface area contributed by atoms with Crippen molar-refractivity contribution in [1.82, 2.24) is 4.72 Å². The number of carbonyl (C=O) groups is 1. The molecule has 0 aliphatic heterocycles. The van der Waals surface area contributed by atoms with Gasteiger partial charge >= 0.3 is 5.97 Å². The molecule has 0 saturated heterocycles. The lowest BCUT2D eigenvalue weighted by Crippen LogP contribution is -2.27. The highest BCUT2D eigenvalue weighted by molar-refractivity contribution is 7.89. The van der Waals surface area contributed by atoms with E-state index in [0.717, 1.165) is 0 Å². The van der Waals surface area contributed by atoms with Crippen molar-refractivity contribution in [3.8, 4) is 0 Å². The maximum atomic E-state index is 12.1. The van der Waals surface area contributed by atoms with Crippen LogP contribution in [-0.2, 0) is 14.8 Å². The first-order chi connectivity index (χ1) is 9.38. The molecule has 7 heteroatoms. The number of rotatable bonds is 8. The van der Waals surface area contributed by atoms with Crippen molar-refractivity contribution in [3.63, 3.8) is 0 Å². The van der Waals surface area contributed by atoms with Gasteiger partial charge in [0.15, 0.2) is 0 Å². The molecule has 0 aliphatic carbocycles. The standard InChI is InChI=1S/C13H20N2O4S/c1-3-14-20(18,19)12-8-5-4-7-11(12)15(2)10-6-9-13(16)17/h4-5,7-8,14H,3,6,9-10H2,1-2H3,(H,16,17). The Morgan fingerprint density at radius 1 is 1.35 bits per heavy atom. The van der Waals surface area contributed by atoms with Gasteiger partial charge in [0.25, 0.3) is 0 Å². The van der Waals surface area contributed by atoms with Crippen LogP contribution in [0.1, 0.15) is 19.8 Å². The lowest BCUT2D eigenvalue weighted by molar-refractivity contribution is -0.137. The molecule has 1 aromatic carbocycles. The van der Waals surface area contributed by atoms with E-state index in [9.17, 15) is 13.2 Å². The third-order valence-electron chi connectivity index (χ3n) is 2.78. The van der Waals surface area contributed by atoms with Gasteiger partial charge in [0.05, 0.1) is 5.69 Å². The molecule has 0 aromatic heterocycles. The second kappa shape index (κ2) is 7.25. The average Bonchev–Trinajstić information content (AvgIpc) is 2.38. The fourth-order valence-electron chi connectivity index (χ4n) is 1.86. The van der Waals surface area contributed by atoms with Crippen molar-refractivity contribution >= 4 is 21.7 Å². The Hall–Kier alpha value is -1.60. The summed E-state index contributed by atoms with van der Waals surface area (Å²) in [5.74, 6) is -0.855. The van der Waals surface area contributed by atoms with E-state index in [1.54, 1.807) is 43.1 Å². The quantitative estimate of drug-likeness (QED) is 0.755. The molecule has 0 bridgehead atoms. The van der Waals surface area contributed by atoms with E-state index >= 15 is 0 Å². The lowest BCUT2D eigenvalue weighted by atomic mass is 10.2. The normalized spacial score (nSPS) is 11.3. The van der Waals surface area contributed by atoms with E-state index in [4.69, 9.17) is 5.11 Å². The van der Waals surface area contributed by atoms with E-state index in [0.29, 0.717) is 25.2 Å². The summed E-state index contributed by atoms with van der Waals surface area (Å²) >= 11 is 0. The first kappa shape index (κ1) is 16.5. The highest BCUT2D eigenvalue weighted by atomic mass is 32.2. The van der Waals surface area contributed by atoms with E-state index in [1.807, 2.05) is 0 Å². The molecule has 2 N–H and O–H groups in total. The Balaban J connectivity index is 2.92. The zero-order valence-corrected chi connectivity index (χ0v) is 12.5. The Bertz CT molecular complexity index is 557. The Morgan fingerprint density at radius 2 is 2.00 bits per heavy atom. The molecular weight excluding hydrogens is 280 g/mol. The number of carboxylic acids is 1. The Morgan fingerprint density at radius 3 is 2.60 bits per heavy atom. The molecule has 0 radical (unpaired) electrons. The monoisotopic (exact) mass is 300 g/mol. The highest BCUT2D eigenvalue weighted by Crippen LogP contribution is 2.24. The summed E-state index contributed by atoms with van der Waals surface area (Å²) < 4.78 is 26.7. The number of benzene rings is 1. The van der Waals surface area contributed by atoms with Crippen molar-refractivity contribution in [1.29, 1.82) is 0 Å². The van der Waals surface area contributed by atoms with Gasteiger partial charge in [0, 0.05) is 26.6 Å². The molecule has 0 heterocycles. The second-order valence-electron chi connectivity index (χ2n) is 4.39. The van der Waals surface area contributed by atoms with Gasteiger partial charge in [0.1, 0.15) is 4.90 Å². The maximum absolute atomic E-state index is 12.1. The van der Waals surface area contributed by atoms with E-state index in [1.165, 1.54) is 0 Å². The van der Waals surface area contributed by atoms with Crippen LogP contribution in [0.25, 0.3) is 0 Å². The molecule has 0 saturated carbocycles. The molecule has 0 aliphatic rings. The minimum absolute atomic E-state index is 0.0620. The zero-order chi connectivity index (χ0) is 15.2. The molecule has 112 valence electrons. The molecule has 0 fully saturated rings. The molecule has 6 nitrogen and oxygen atoms in total. The van der Waals surface area contributed by atoms with Crippen LogP contribution in [0.15, 0.2) is 29.2 Å². The van der Waals surface area contributed by atoms with Crippen molar-refractivity contribution in [2.45, 2.75) is 24.7 Å². The maximum Gasteiger partial charge on any atom is 0.303 e. The summed E-state index contributed by atoms with van der Waals surface area (Å²) in [7, 11) is -1.78. The van der Waals surface area contributed by atoms with Crippen LogP contribution < -0.4 is 9.62 Å². The lowest BCUT2D eigenvalue weighted by Gasteiger charge is -2.22. The molecule has 0 spiro atoms. The average molecular weight is 300 g/mol. The van der Waals surface area contributed by atoms with Gasteiger partial charge in [-0.15, -0.1) is 0 Å². The first-order valence-corrected chi connectivity index (χ1v) is 7.88. The van der Waals surface area contributed by atoms with E-state index in [2.05, 4.69) is 4.72 Å². The Labute approximate surface area is 119 Å². The van der Waals surface area contributed by atoms with E-state index in [-0.39, 0.29) is 11.3 Å². The van der Waals surface area contributed by atoms with Gasteiger partial charge in [-0.2, -0.15) is 0 Å². The number of sulfonamides is 1. The number of anilines is 1. The van der Waals surface area contributed by atoms with Gasteiger partial charge in [-0.3, -0.25) is 4.79 Å². The SMILES string of the molecule is CCNS(=O)(=O)c1ccccc1N(C)CCCC(=O)O. The van der Waals surface area contributed by atoms with Gasteiger partial charge in [-0.1, -0.05) is 19.1 Å². The van der Waals surface area contributed by atoms with Crippen LogP contribution in [0.5, 0.6) is 0 Å². The third kappa shape index (κ3) is 4.50. The van der Waals surface area contributed by atoms with Gasteiger partial charge in [-0.05, 0) is 18.6 Å². The van der Waals surface area contributed by atoms with Crippen LogP contribution in [-0.4, -0.2) is 39.6 Å². The summed E-state index contributed by atoms with van der Waals surface area (Å²) in [4.78, 5) is 12.5. The number of nitrogens with one attached hydrogen (secondary N) is 1.